The maximum absolute atomic E-state index is 12.9. The summed E-state index contributed by atoms with van der Waals surface area (Å²) in [6.45, 7) is 6.75. The molecule has 2 amide bonds. The number of unbranched alkanes of at least 4 members (excludes halogenated alkanes) is 4. The van der Waals surface area contributed by atoms with Gasteiger partial charge in [-0.2, -0.15) is 46.9 Å². The minimum absolute atomic E-state index is 0.0106. The molecule has 0 saturated carbocycles. The minimum atomic E-state index is -5.83. The lowest BCUT2D eigenvalue weighted by Crippen LogP contribution is -2.33. The summed E-state index contributed by atoms with van der Waals surface area (Å²) in [7, 11) is -35.3. The number of amides is 2. The molecule has 2 unspecified atom stereocenters. The molecule has 41 heteroatoms. The molecule has 99 heavy (non-hydrogen) atoms. The maximum atomic E-state index is 12.9. The molecule has 4 heterocycles. The number of fused-ring (bicyclic) bond motifs is 6. The third-order valence-corrected chi connectivity index (χ3v) is 23.7. The van der Waals surface area contributed by atoms with Crippen molar-refractivity contribution in [2.45, 2.75) is 134 Å². The summed E-state index contributed by atoms with van der Waals surface area (Å²) in [4.78, 5) is 88.2. The SMILES string of the molecule is C[N+]1=C(C=CC=CC=C2N(CCCCCC(=O)NCCCCCC(=O)NCC#Cc3cn([C@H]4C[C@H](O)[C@@H](COP(=O)(O)OP(=O)(O)OP(=O)(O)O)O4)c(=O)[nH]c3=O)c3ccc4c(S(=O)(=O)O)cc(S(=O)(=O)O)cc4c3C2(C)C)C(C)(C)c2c1ccc1c(S(=O)(=O)O)cc(S(=O)(=O)O)cc21. The summed E-state index contributed by atoms with van der Waals surface area (Å²) in [5.74, 6) is 4.50. The zero-order valence-corrected chi connectivity index (χ0v) is 59.1. The number of aliphatic hydroxyl groups excluding tert-OH is 1. The molecule has 0 spiro atoms. The lowest BCUT2D eigenvalue weighted by Gasteiger charge is -2.27. The van der Waals surface area contributed by atoms with Crippen LogP contribution in [0, 0.1) is 11.8 Å². The third kappa shape index (κ3) is 18.7. The van der Waals surface area contributed by atoms with E-state index in [-0.39, 0.29) is 64.7 Å². The number of ether oxygens (including phenoxy) is 1. The standard InChI is InChI=1S/C58H69N6O28P3S4/c1-57(2)48(62(5)42-23-21-38-40(53(42)57)28-36(96(77,78)79)30-46(38)98(83,84)85)17-9-6-10-18-49-58(3,4)54-41-29-37(97(80,81)82)31-47(99(86,87)88)39(41)22-24-43(54)63(49)27-14-8-12-20-50(66)59-25-13-7-11-19-51(67)60-26-15-16-35-33-64(56(69)61-55(35)68)52-32-44(65)45(90-52)34-89-94(73,74)92-95(75,76)91-93(70,71)72/h6,9-10,17-18,21-24,28-31,33,44-45,52,65H,7-8,11-14,19-20,25-27,32,34H2,1-5H3,(H10-,59,60,61,66,67,68,69,70,71,72,73,74,75,76,77,78,79,80,81,82,83,84,85,86,87,88)/p+1/t44-,45+,52+/m0/s1. The van der Waals surface area contributed by atoms with E-state index in [0.29, 0.717) is 97.7 Å². The molecular formula is C58H70N6O28P3S4+. The van der Waals surface area contributed by atoms with Crippen LogP contribution in [0.4, 0.5) is 11.4 Å². The van der Waals surface area contributed by atoms with Gasteiger partial charge in [0.1, 0.15) is 34.7 Å². The number of nitrogens with one attached hydrogen (secondary N) is 3. The van der Waals surface area contributed by atoms with Crippen LogP contribution in [-0.2, 0) is 92.5 Å². The summed E-state index contributed by atoms with van der Waals surface area (Å²) >= 11 is 0. The van der Waals surface area contributed by atoms with E-state index in [1.165, 1.54) is 12.1 Å². The van der Waals surface area contributed by atoms with E-state index < -0.39 is 131 Å². The first-order chi connectivity index (χ1) is 45.7. The molecular weight excluding hydrogens is 1450 g/mol. The second-order valence-electron chi connectivity index (χ2n) is 24.1. The maximum Gasteiger partial charge on any atom is 0.490 e. The lowest BCUT2D eigenvalue weighted by atomic mass is 9.79. The fourth-order valence-corrected chi connectivity index (χ4v) is 17.8. The topological polar surface area (TPSA) is 526 Å². The van der Waals surface area contributed by atoms with Crippen molar-refractivity contribution in [3.63, 3.8) is 0 Å². The van der Waals surface area contributed by atoms with Gasteiger partial charge in [0.25, 0.3) is 46.0 Å². The molecule has 0 bridgehead atoms. The van der Waals surface area contributed by atoms with Gasteiger partial charge in [-0.3, -0.25) is 46.7 Å². The molecule has 5 aromatic rings. The van der Waals surface area contributed by atoms with Crippen molar-refractivity contribution in [3.05, 3.63) is 128 Å². The largest absolute Gasteiger partial charge is 0.490 e. The summed E-state index contributed by atoms with van der Waals surface area (Å²) in [5, 5.41) is 16.2. The Kier molecular flexibility index (Phi) is 23.4. The van der Waals surface area contributed by atoms with Crippen molar-refractivity contribution < 1.29 is 122 Å². The monoisotopic (exact) mass is 1520 g/mol. The highest BCUT2D eigenvalue weighted by molar-refractivity contribution is 7.87. The summed E-state index contributed by atoms with van der Waals surface area (Å²) < 4.78 is 195. The predicted molar refractivity (Wildman–Crippen MR) is 353 cm³/mol. The second kappa shape index (κ2) is 29.7. The van der Waals surface area contributed by atoms with Crippen molar-refractivity contribution in [2.24, 2.45) is 0 Å². The van der Waals surface area contributed by atoms with Gasteiger partial charge < -0.3 is 45.0 Å². The highest BCUT2D eigenvalue weighted by Gasteiger charge is 2.47. The van der Waals surface area contributed by atoms with Crippen LogP contribution < -0.4 is 26.8 Å². The quantitative estimate of drug-likeness (QED) is 0.00780. The van der Waals surface area contributed by atoms with E-state index >= 15 is 0 Å². The van der Waals surface area contributed by atoms with E-state index in [2.05, 4.69) is 35.6 Å². The average Bonchev–Trinajstić information content (AvgIpc) is 1.60. The second-order valence-corrected chi connectivity index (χ2v) is 34.1. The Morgan fingerprint density at radius 1 is 0.717 bits per heavy atom. The van der Waals surface area contributed by atoms with Crippen molar-refractivity contribution in [3.8, 4) is 11.8 Å². The minimum Gasteiger partial charge on any atom is -0.390 e. The number of aromatic amines is 1. The smallest absolute Gasteiger partial charge is 0.390 e. The number of hydrogen-bond acceptors (Lipinski definition) is 21. The normalized spacial score (nSPS) is 19.6. The number of H-pyrrole nitrogens is 1. The number of carbonyl (C=O) groups is 2. The molecule has 12 N–H and O–H groups in total. The van der Waals surface area contributed by atoms with Gasteiger partial charge in [-0.1, -0.05) is 62.8 Å². The molecule has 3 aliphatic rings. The molecule has 538 valence electrons. The van der Waals surface area contributed by atoms with Crippen molar-refractivity contribution >= 4 is 114 Å². The molecule has 0 radical (unpaired) electrons. The van der Waals surface area contributed by atoms with E-state index in [4.69, 9.17) is 14.5 Å². The van der Waals surface area contributed by atoms with Gasteiger partial charge in [-0.15, -0.1) is 0 Å². The number of aromatic nitrogens is 2. The summed E-state index contributed by atoms with van der Waals surface area (Å²) in [6, 6.07) is 9.77. The average molecular weight is 1520 g/mol. The molecule has 3 aliphatic heterocycles. The zero-order valence-electron chi connectivity index (χ0n) is 53.1. The van der Waals surface area contributed by atoms with Crippen LogP contribution in [0.1, 0.15) is 108 Å². The third-order valence-electron chi connectivity index (χ3n) is 16.4. The molecule has 1 fully saturated rings. The van der Waals surface area contributed by atoms with Gasteiger partial charge >= 0.3 is 29.2 Å². The van der Waals surface area contributed by atoms with Crippen LogP contribution in [0.25, 0.3) is 21.5 Å². The van der Waals surface area contributed by atoms with Crippen LogP contribution in [0.15, 0.2) is 120 Å². The lowest BCUT2D eigenvalue weighted by molar-refractivity contribution is -0.401. The number of hydrogen-bond donors (Lipinski definition) is 12. The van der Waals surface area contributed by atoms with Gasteiger partial charge in [0.2, 0.25) is 17.5 Å². The van der Waals surface area contributed by atoms with Gasteiger partial charge in [-0.05, 0) is 98.3 Å². The van der Waals surface area contributed by atoms with E-state index in [0.717, 1.165) is 22.9 Å². The number of allylic oxidation sites excluding steroid dienone is 6. The first kappa shape index (κ1) is 78.0. The van der Waals surface area contributed by atoms with Crippen LogP contribution in [0.3, 0.4) is 0 Å². The van der Waals surface area contributed by atoms with Crippen LogP contribution in [0.5, 0.6) is 0 Å². The Bertz CT molecular complexity index is 5070. The fraction of sp³-hybridized carbons (Fsp3) is 0.397. The van der Waals surface area contributed by atoms with Crippen molar-refractivity contribution in [1.82, 2.24) is 20.2 Å². The number of benzene rings is 4. The molecule has 5 atom stereocenters. The van der Waals surface area contributed by atoms with E-state index in [1.807, 2.05) is 48.2 Å². The molecule has 8 rings (SSSR count). The Morgan fingerprint density at radius 2 is 1.29 bits per heavy atom. The predicted octanol–water partition coefficient (Wildman–Crippen LogP) is 5.03. The van der Waals surface area contributed by atoms with Gasteiger partial charge in [0.15, 0.2) is 5.71 Å². The Morgan fingerprint density at radius 3 is 1.88 bits per heavy atom. The Balaban J connectivity index is 0.845. The fourth-order valence-electron chi connectivity index (χ4n) is 12.1. The number of phosphoric acid groups is 3. The Labute approximate surface area is 566 Å². The van der Waals surface area contributed by atoms with Gasteiger partial charge in [-0.25, -0.2) is 18.5 Å². The Hall–Kier alpha value is -6.76. The van der Waals surface area contributed by atoms with Crippen LogP contribution in [-0.4, -0.2) is 154 Å². The van der Waals surface area contributed by atoms with Crippen molar-refractivity contribution in [2.75, 3.05) is 38.2 Å². The first-order valence-electron chi connectivity index (χ1n) is 29.8. The number of anilines is 1. The number of rotatable bonds is 28. The van der Waals surface area contributed by atoms with Crippen LogP contribution >= 0.6 is 23.5 Å². The van der Waals surface area contributed by atoms with E-state index in [1.54, 1.807) is 43.5 Å². The molecule has 0 aliphatic carbocycles. The van der Waals surface area contributed by atoms with Gasteiger partial charge in [0.05, 0.1) is 34.5 Å². The number of phosphoric ester groups is 1. The van der Waals surface area contributed by atoms with E-state index in [9.17, 15) is 99.6 Å². The highest BCUT2D eigenvalue weighted by Crippen LogP contribution is 2.66. The molecule has 1 saturated heterocycles. The molecule has 34 nitrogen and oxygen atoms in total. The number of aliphatic hydroxyl groups is 1. The molecule has 1 aromatic heterocycles. The zero-order chi connectivity index (χ0) is 73.4. The number of carbonyl (C=O) groups excluding carboxylic acids is 2. The van der Waals surface area contributed by atoms with Crippen molar-refractivity contribution in [1.29, 1.82) is 0 Å². The van der Waals surface area contributed by atoms with Crippen LogP contribution in [0.2, 0.25) is 0 Å². The van der Waals surface area contributed by atoms with Gasteiger partial charge in [0, 0.05) is 83.8 Å². The number of nitrogens with zero attached hydrogens (tertiary/aromatic N) is 3. The molecule has 4 aromatic carbocycles. The highest BCUT2D eigenvalue weighted by atomic mass is 32.2. The first-order valence-corrected chi connectivity index (χ1v) is 40.1. The summed E-state index contributed by atoms with van der Waals surface area (Å²) in [5.41, 5.74) is -0.647. The summed E-state index contributed by atoms with van der Waals surface area (Å²) in [6.07, 6.45) is 8.45.